The number of carbonyl (C=O) groups excluding carboxylic acids is 1. The topological polar surface area (TPSA) is 75.5 Å². The van der Waals surface area contributed by atoms with Crippen LogP contribution in [-0.4, -0.2) is 59.5 Å². The van der Waals surface area contributed by atoms with Crippen LogP contribution in [0.2, 0.25) is 0 Å². The van der Waals surface area contributed by atoms with Gasteiger partial charge in [0.25, 0.3) is 5.91 Å². The maximum atomic E-state index is 13.2. The number of piperazine rings is 1. The minimum atomic E-state index is -3.64. The SMILES string of the molecule is Cc1ccc(C(=O)N2CCN(S(=O)(=O)c3c(C)nn(C(C)C)c3C)CC2)cc1. The second-order valence-corrected chi connectivity index (χ2v) is 9.48. The van der Waals surface area contributed by atoms with Crippen molar-refractivity contribution >= 4 is 15.9 Å². The number of sulfonamides is 1. The molecule has 1 amide bonds. The Balaban J connectivity index is 1.76. The molecule has 0 N–H and O–H groups in total. The van der Waals surface area contributed by atoms with Crippen molar-refractivity contribution in [3.8, 4) is 0 Å². The summed E-state index contributed by atoms with van der Waals surface area (Å²) in [6.07, 6.45) is 0. The molecule has 28 heavy (non-hydrogen) atoms. The van der Waals surface area contributed by atoms with Gasteiger partial charge >= 0.3 is 0 Å². The van der Waals surface area contributed by atoms with E-state index in [1.165, 1.54) is 4.31 Å². The lowest BCUT2D eigenvalue weighted by molar-refractivity contribution is 0.0698. The Morgan fingerprint density at radius 3 is 2.07 bits per heavy atom. The smallest absolute Gasteiger partial charge is 0.253 e. The predicted octanol–water partition coefficient (Wildman–Crippen LogP) is 2.54. The summed E-state index contributed by atoms with van der Waals surface area (Å²) in [6, 6.07) is 7.53. The van der Waals surface area contributed by atoms with Crippen LogP contribution in [0.5, 0.6) is 0 Å². The average Bonchev–Trinajstić information content (AvgIpc) is 2.97. The summed E-state index contributed by atoms with van der Waals surface area (Å²) in [5.41, 5.74) is 2.90. The number of carbonyl (C=O) groups is 1. The van der Waals surface area contributed by atoms with Gasteiger partial charge in [-0.05, 0) is 46.8 Å². The van der Waals surface area contributed by atoms with Gasteiger partial charge in [0.05, 0.1) is 11.4 Å². The standard InChI is InChI=1S/C20H28N4O3S/c1-14(2)24-17(5)19(16(4)21-24)28(26,27)23-12-10-22(11-13-23)20(25)18-8-6-15(3)7-9-18/h6-9,14H,10-13H2,1-5H3. The number of benzene rings is 1. The minimum Gasteiger partial charge on any atom is -0.336 e. The highest BCUT2D eigenvalue weighted by Gasteiger charge is 2.34. The molecule has 0 unspecified atom stereocenters. The second kappa shape index (κ2) is 7.67. The molecule has 0 bridgehead atoms. The van der Waals surface area contributed by atoms with Crippen molar-refractivity contribution in [3.05, 3.63) is 46.8 Å². The van der Waals surface area contributed by atoms with Gasteiger partial charge in [0.15, 0.2) is 0 Å². The number of amides is 1. The van der Waals surface area contributed by atoms with Crippen LogP contribution in [0.15, 0.2) is 29.2 Å². The van der Waals surface area contributed by atoms with Gasteiger partial charge < -0.3 is 4.90 Å². The minimum absolute atomic E-state index is 0.0583. The molecule has 0 saturated carbocycles. The Morgan fingerprint density at radius 1 is 1.00 bits per heavy atom. The Morgan fingerprint density at radius 2 is 1.57 bits per heavy atom. The van der Waals surface area contributed by atoms with Crippen molar-refractivity contribution in [1.29, 1.82) is 0 Å². The highest BCUT2D eigenvalue weighted by atomic mass is 32.2. The van der Waals surface area contributed by atoms with Crippen molar-refractivity contribution in [2.24, 2.45) is 0 Å². The molecule has 3 rings (SSSR count). The summed E-state index contributed by atoms with van der Waals surface area (Å²) in [5, 5.41) is 4.41. The van der Waals surface area contributed by atoms with E-state index >= 15 is 0 Å². The number of hydrogen-bond acceptors (Lipinski definition) is 4. The van der Waals surface area contributed by atoms with E-state index in [4.69, 9.17) is 0 Å². The Kier molecular flexibility index (Phi) is 5.63. The van der Waals surface area contributed by atoms with Crippen LogP contribution in [0.4, 0.5) is 0 Å². The molecule has 1 fully saturated rings. The number of aromatic nitrogens is 2. The van der Waals surface area contributed by atoms with Crippen molar-refractivity contribution in [1.82, 2.24) is 19.0 Å². The zero-order valence-corrected chi connectivity index (χ0v) is 18.0. The van der Waals surface area contributed by atoms with Crippen LogP contribution in [-0.2, 0) is 10.0 Å². The third-order valence-corrected chi connectivity index (χ3v) is 7.32. The molecule has 7 nitrogen and oxygen atoms in total. The van der Waals surface area contributed by atoms with E-state index in [9.17, 15) is 13.2 Å². The molecular formula is C20H28N4O3S. The molecule has 0 radical (unpaired) electrons. The average molecular weight is 405 g/mol. The highest BCUT2D eigenvalue weighted by molar-refractivity contribution is 7.89. The van der Waals surface area contributed by atoms with E-state index in [1.54, 1.807) is 23.4 Å². The molecule has 2 aromatic rings. The lowest BCUT2D eigenvalue weighted by Crippen LogP contribution is -2.50. The monoisotopic (exact) mass is 404 g/mol. The van der Waals surface area contributed by atoms with Crippen LogP contribution in [0.25, 0.3) is 0 Å². The molecule has 1 aromatic heterocycles. The summed E-state index contributed by atoms with van der Waals surface area (Å²) >= 11 is 0. The number of rotatable bonds is 4. The van der Waals surface area contributed by atoms with Crippen LogP contribution in [0.1, 0.15) is 47.2 Å². The molecule has 1 aromatic carbocycles. The fraction of sp³-hybridized carbons (Fsp3) is 0.500. The molecule has 8 heteroatoms. The van der Waals surface area contributed by atoms with Gasteiger partial charge in [-0.2, -0.15) is 9.40 Å². The first-order valence-corrected chi connectivity index (χ1v) is 11.0. The Labute approximate surface area is 167 Å². The molecule has 0 spiro atoms. The molecule has 1 aliphatic rings. The summed E-state index contributed by atoms with van der Waals surface area (Å²) in [4.78, 5) is 14.7. The van der Waals surface area contributed by atoms with Gasteiger partial charge in [-0.25, -0.2) is 8.42 Å². The van der Waals surface area contributed by atoms with Crippen LogP contribution in [0.3, 0.4) is 0 Å². The van der Waals surface area contributed by atoms with E-state index in [2.05, 4.69) is 5.10 Å². The predicted molar refractivity (Wildman–Crippen MR) is 108 cm³/mol. The van der Waals surface area contributed by atoms with Gasteiger partial charge in [-0.15, -0.1) is 0 Å². The number of aryl methyl sites for hydroxylation is 2. The molecule has 152 valence electrons. The van der Waals surface area contributed by atoms with Gasteiger partial charge in [-0.3, -0.25) is 9.48 Å². The van der Waals surface area contributed by atoms with Crippen LogP contribution >= 0.6 is 0 Å². The maximum Gasteiger partial charge on any atom is 0.253 e. The van der Waals surface area contributed by atoms with E-state index < -0.39 is 10.0 Å². The molecule has 1 aliphatic heterocycles. The van der Waals surface area contributed by atoms with E-state index in [0.717, 1.165) is 5.56 Å². The largest absolute Gasteiger partial charge is 0.336 e. The number of hydrogen-bond donors (Lipinski definition) is 0. The van der Waals surface area contributed by atoms with E-state index in [-0.39, 0.29) is 25.0 Å². The molecular weight excluding hydrogens is 376 g/mol. The molecule has 2 heterocycles. The summed E-state index contributed by atoms with van der Waals surface area (Å²) < 4.78 is 29.7. The normalized spacial score (nSPS) is 16.0. The van der Waals surface area contributed by atoms with Crippen LogP contribution in [0, 0.1) is 20.8 Å². The maximum absolute atomic E-state index is 13.2. The quantitative estimate of drug-likeness (QED) is 0.785. The third-order valence-electron chi connectivity index (χ3n) is 5.17. The Bertz CT molecular complexity index is 970. The van der Waals surface area contributed by atoms with Crippen molar-refractivity contribution in [2.45, 2.75) is 45.6 Å². The fourth-order valence-corrected chi connectivity index (χ4v) is 5.45. The molecule has 0 aliphatic carbocycles. The highest BCUT2D eigenvalue weighted by Crippen LogP contribution is 2.26. The van der Waals surface area contributed by atoms with E-state index in [0.29, 0.717) is 34.9 Å². The lowest BCUT2D eigenvalue weighted by atomic mass is 10.1. The zero-order chi connectivity index (χ0) is 20.6. The first kappa shape index (κ1) is 20.5. The van der Waals surface area contributed by atoms with Crippen LogP contribution < -0.4 is 0 Å². The van der Waals surface area contributed by atoms with Crippen molar-refractivity contribution in [2.75, 3.05) is 26.2 Å². The summed E-state index contributed by atoms with van der Waals surface area (Å²) in [6.45, 7) is 10.8. The lowest BCUT2D eigenvalue weighted by Gasteiger charge is -2.34. The third kappa shape index (κ3) is 3.71. The number of nitrogens with zero attached hydrogens (tertiary/aromatic N) is 4. The molecule has 0 atom stereocenters. The summed E-state index contributed by atoms with van der Waals surface area (Å²) in [5.74, 6) is -0.0583. The first-order valence-electron chi connectivity index (χ1n) is 9.54. The first-order chi connectivity index (χ1) is 13.1. The van der Waals surface area contributed by atoms with Crippen molar-refractivity contribution < 1.29 is 13.2 Å². The Hall–Kier alpha value is -2.19. The fourth-order valence-electron chi connectivity index (χ4n) is 3.66. The van der Waals surface area contributed by atoms with Gasteiger partial charge in [-0.1, -0.05) is 17.7 Å². The summed E-state index contributed by atoms with van der Waals surface area (Å²) in [7, 11) is -3.64. The van der Waals surface area contributed by atoms with Gasteiger partial charge in [0.1, 0.15) is 4.90 Å². The van der Waals surface area contributed by atoms with E-state index in [1.807, 2.05) is 45.0 Å². The second-order valence-electron chi connectivity index (χ2n) is 7.60. The van der Waals surface area contributed by atoms with Crippen molar-refractivity contribution in [3.63, 3.8) is 0 Å². The molecule has 1 saturated heterocycles. The zero-order valence-electron chi connectivity index (χ0n) is 17.1. The van der Waals surface area contributed by atoms with Gasteiger partial charge in [0.2, 0.25) is 10.0 Å². The van der Waals surface area contributed by atoms with Gasteiger partial charge in [0, 0.05) is 37.8 Å².